The van der Waals surface area contributed by atoms with E-state index in [0.29, 0.717) is 11.1 Å². The molecule has 0 bridgehead atoms. The van der Waals surface area contributed by atoms with Crippen molar-refractivity contribution in [3.8, 4) is 11.5 Å². The van der Waals surface area contributed by atoms with Crippen LogP contribution >= 0.6 is 27.7 Å². The molecular weight excluding hydrogens is 462 g/mol. The molecule has 0 aliphatic carbocycles. The number of carbonyl (C=O) groups excluding carboxylic acids is 1. The highest BCUT2D eigenvalue weighted by molar-refractivity contribution is 9.10. The number of nitrogens with zero attached hydrogens (tertiary/aromatic N) is 2. The van der Waals surface area contributed by atoms with Crippen LogP contribution in [0.25, 0.3) is 11.5 Å². The maximum Gasteiger partial charge on any atom is 0.277 e. The zero-order chi connectivity index (χ0) is 20.8. The highest BCUT2D eigenvalue weighted by Crippen LogP contribution is 2.29. The van der Waals surface area contributed by atoms with Crippen LogP contribution in [0.1, 0.15) is 17.2 Å². The molecule has 1 amide bonds. The first-order chi connectivity index (χ1) is 14.7. The van der Waals surface area contributed by atoms with Crippen molar-refractivity contribution in [1.29, 1.82) is 0 Å². The Bertz CT molecular complexity index is 1080. The molecule has 0 unspecified atom stereocenters. The maximum atomic E-state index is 12.7. The molecule has 4 rings (SSSR count). The van der Waals surface area contributed by atoms with E-state index in [1.54, 1.807) is 0 Å². The number of benzene rings is 3. The summed E-state index contributed by atoms with van der Waals surface area (Å²) in [5.74, 6) is 0.475. The number of carbonyl (C=O) groups is 1. The first-order valence-electron chi connectivity index (χ1n) is 9.31. The summed E-state index contributed by atoms with van der Waals surface area (Å²) in [6, 6.07) is 27.2. The van der Waals surface area contributed by atoms with Crippen LogP contribution in [-0.4, -0.2) is 21.9 Å². The van der Waals surface area contributed by atoms with Gasteiger partial charge in [0.05, 0.1) is 17.4 Å². The highest BCUT2D eigenvalue weighted by Gasteiger charge is 2.18. The van der Waals surface area contributed by atoms with Gasteiger partial charge >= 0.3 is 0 Å². The Morgan fingerprint density at radius 1 is 0.900 bits per heavy atom. The van der Waals surface area contributed by atoms with E-state index in [9.17, 15) is 4.79 Å². The maximum absolute atomic E-state index is 12.7. The average molecular weight is 480 g/mol. The summed E-state index contributed by atoms with van der Waals surface area (Å²) in [6.45, 7) is 0. The van der Waals surface area contributed by atoms with Gasteiger partial charge in [0.2, 0.25) is 11.8 Å². The SMILES string of the molecule is O=C(CSc1nnc(-c2ccccc2Br)o1)NC(c1ccccc1)c1ccccc1. The summed E-state index contributed by atoms with van der Waals surface area (Å²) in [4.78, 5) is 12.7. The zero-order valence-electron chi connectivity index (χ0n) is 15.9. The van der Waals surface area contributed by atoms with Gasteiger partial charge in [-0.05, 0) is 39.2 Å². The molecule has 1 N–H and O–H groups in total. The average Bonchev–Trinajstić information content (AvgIpc) is 3.26. The van der Waals surface area contributed by atoms with Gasteiger partial charge in [-0.1, -0.05) is 84.6 Å². The molecule has 150 valence electrons. The predicted molar refractivity (Wildman–Crippen MR) is 121 cm³/mol. The molecule has 0 aliphatic rings. The van der Waals surface area contributed by atoms with Gasteiger partial charge in [0, 0.05) is 4.47 Å². The quantitative estimate of drug-likeness (QED) is 0.354. The van der Waals surface area contributed by atoms with Gasteiger partial charge in [-0.2, -0.15) is 0 Å². The van der Waals surface area contributed by atoms with E-state index in [4.69, 9.17) is 4.42 Å². The second-order valence-corrected chi connectivity index (χ2v) is 8.24. The fourth-order valence-electron chi connectivity index (χ4n) is 2.99. The minimum Gasteiger partial charge on any atom is -0.411 e. The number of aromatic nitrogens is 2. The summed E-state index contributed by atoms with van der Waals surface area (Å²) in [5, 5.41) is 11.6. The second-order valence-electron chi connectivity index (χ2n) is 6.46. The van der Waals surface area contributed by atoms with Crippen LogP contribution in [0.3, 0.4) is 0 Å². The van der Waals surface area contributed by atoms with Gasteiger partial charge in [-0.15, -0.1) is 10.2 Å². The van der Waals surface area contributed by atoms with Gasteiger partial charge in [-0.3, -0.25) is 4.79 Å². The van der Waals surface area contributed by atoms with Gasteiger partial charge in [0.25, 0.3) is 5.22 Å². The van der Waals surface area contributed by atoms with Crippen LogP contribution in [-0.2, 0) is 4.79 Å². The first kappa shape index (κ1) is 20.4. The van der Waals surface area contributed by atoms with Gasteiger partial charge < -0.3 is 9.73 Å². The van der Waals surface area contributed by atoms with Crippen LogP contribution in [0.5, 0.6) is 0 Å². The van der Waals surface area contributed by atoms with Crippen molar-refractivity contribution >= 4 is 33.6 Å². The van der Waals surface area contributed by atoms with Crippen molar-refractivity contribution < 1.29 is 9.21 Å². The van der Waals surface area contributed by atoms with E-state index in [0.717, 1.165) is 21.2 Å². The molecule has 1 heterocycles. The molecule has 0 atom stereocenters. The zero-order valence-corrected chi connectivity index (χ0v) is 18.3. The third kappa shape index (κ3) is 4.98. The lowest BCUT2D eigenvalue weighted by Crippen LogP contribution is -2.30. The minimum absolute atomic E-state index is 0.113. The van der Waals surface area contributed by atoms with Crippen molar-refractivity contribution in [2.75, 3.05) is 5.75 Å². The van der Waals surface area contributed by atoms with E-state index in [1.807, 2.05) is 84.9 Å². The molecule has 1 aromatic heterocycles. The van der Waals surface area contributed by atoms with Crippen LogP contribution < -0.4 is 5.32 Å². The van der Waals surface area contributed by atoms with E-state index < -0.39 is 0 Å². The smallest absolute Gasteiger partial charge is 0.277 e. The largest absolute Gasteiger partial charge is 0.411 e. The third-order valence-corrected chi connectivity index (χ3v) is 5.92. The normalized spacial score (nSPS) is 10.9. The van der Waals surface area contributed by atoms with Gasteiger partial charge in [0.1, 0.15) is 0 Å². The second kappa shape index (κ2) is 9.73. The van der Waals surface area contributed by atoms with Crippen LogP contribution in [0.2, 0.25) is 0 Å². The van der Waals surface area contributed by atoms with Crippen molar-refractivity contribution in [3.63, 3.8) is 0 Å². The Balaban J connectivity index is 1.43. The van der Waals surface area contributed by atoms with Crippen LogP contribution in [0.4, 0.5) is 0 Å². The summed E-state index contributed by atoms with van der Waals surface area (Å²) < 4.78 is 6.58. The molecule has 5 nitrogen and oxygen atoms in total. The number of amides is 1. The molecule has 30 heavy (non-hydrogen) atoms. The topological polar surface area (TPSA) is 68.0 Å². The first-order valence-corrected chi connectivity index (χ1v) is 11.1. The number of halogens is 1. The number of thioether (sulfide) groups is 1. The summed E-state index contributed by atoms with van der Waals surface area (Å²) >= 11 is 4.69. The lowest BCUT2D eigenvalue weighted by Gasteiger charge is -2.19. The molecule has 3 aromatic carbocycles. The lowest BCUT2D eigenvalue weighted by molar-refractivity contribution is -0.119. The monoisotopic (exact) mass is 479 g/mol. The summed E-state index contributed by atoms with van der Waals surface area (Å²) in [7, 11) is 0. The van der Waals surface area contributed by atoms with Gasteiger partial charge in [-0.25, -0.2) is 0 Å². The van der Waals surface area contributed by atoms with Crippen LogP contribution in [0.15, 0.2) is 99.0 Å². The summed E-state index contributed by atoms with van der Waals surface area (Å²) in [6.07, 6.45) is 0. The third-order valence-electron chi connectivity index (χ3n) is 4.41. The Morgan fingerprint density at radius 2 is 1.50 bits per heavy atom. The molecule has 0 spiro atoms. The molecule has 0 saturated heterocycles. The Labute approximate surface area is 187 Å². The van der Waals surface area contributed by atoms with E-state index in [-0.39, 0.29) is 17.7 Å². The molecule has 0 fully saturated rings. The molecule has 4 aromatic rings. The summed E-state index contributed by atoms with van der Waals surface area (Å²) in [5.41, 5.74) is 2.86. The Kier molecular flexibility index (Phi) is 6.61. The number of hydrogen-bond donors (Lipinski definition) is 1. The van der Waals surface area contributed by atoms with Crippen LogP contribution in [0, 0.1) is 0 Å². The molecule has 0 radical (unpaired) electrons. The van der Waals surface area contributed by atoms with Crippen molar-refractivity contribution in [1.82, 2.24) is 15.5 Å². The Morgan fingerprint density at radius 3 is 2.13 bits per heavy atom. The van der Waals surface area contributed by atoms with Crippen molar-refractivity contribution in [2.45, 2.75) is 11.3 Å². The molecule has 0 aliphatic heterocycles. The number of hydrogen-bond acceptors (Lipinski definition) is 5. The number of nitrogens with one attached hydrogen (secondary N) is 1. The minimum atomic E-state index is -0.223. The van der Waals surface area contributed by atoms with E-state index in [1.165, 1.54) is 11.8 Å². The molecule has 0 saturated carbocycles. The van der Waals surface area contributed by atoms with Crippen molar-refractivity contribution in [3.05, 3.63) is 101 Å². The van der Waals surface area contributed by atoms with Crippen molar-refractivity contribution in [2.24, 2.45) is 0 Å². The fourth-order valence-corrected chi connectivity index (χ4v) is 4.02. The highest BCUT2D eigenvalue weighted by atomic mass is 79.9. The lowest BCUT2D eigenvalue weighted by atomic mass is 9.99. The predicted octanol–water partition coefficient (Wildman–Crippen LogP) is 5.50. The van der Waals surface area contributed by atoms with Gasteiger partial charge in [0.15, 0.2) is 0 Å². The molecular formula is C23H18BrN3O2S. The van der Waals surface area contributed by atoms with E-state index >= 15 is 0 Å². The number of rotatable bonds is 7. The fraction of sp³-hybridized carbons (Fsp3) is 0.0870. The molecule has 7 heteroatoms. The Hall–Kier alpha value is -2.90. The standard InChI is InChI=1S/C23H18BrN3O2S/c24-19-14-8-7-13-18(19)22-26-27-23(29-22)30-15-20(28)25-21(16-9-3-1-4-10-16)17-11-5-2-6-12-17/h1-14,21H,15H2,(H,25,28). The van der Waals surface area contributed by atoms with E-state index in [2.05, 4.69) is 31.4 Å².